The van der Waals surface area contributed by atoms with Crippen LogP contribution in [-0.2, 0) is 0 Å². The molecule has 14 heavy (non-hydrogen) atoms. The molecule has 0 bridgehead atoms. The van der Waals surface area contributed by atoms with Crippen LogP contribution in [0.25, 0.3) is 0 Å². The van der Waals surface area contributed by atoms with E-state index in [-0.39, 0.29) is 0 Å². The van der Waals surface area contributed by atoms with Crippen LogP contribution < -0.4 is 10.5 Å². The first kappa shape index (κ1) is 10.9. The highest BCUT2D eigenvalue weighted by Crippen LogP contribution is 2.20. The zero-order valence-corrected chi connectivity index (χ0v) is 8.53. The third-order valence-electron chi connectivity index (χ3n) is 1.99. The van der Waals surface area contributed by atoms with Gasteiger partial charge < -0.3 is 15.6 Å². The monoisotopic (exact) mass is 196 g/mol. The Morgan fingerprint density at radius 2 is 2.29 bits per heavy atom. The van der Waals surface area contributed by atoms with E-state index in [0.717, 1.165) is 11.3 Å². The second kappa shape index (κ2) is 4.93. The average Bonchev–Trinajstić information content (AvgIpc) is 2.17. The van der Waals surface area contributed by atoms with E-state index in [1.54, 1.807) is 13.2 Å². The summed E-state index contributed by atoms with van der Waals surface area (Å²) in [4.78, 5) is 4.13. The highest BCUT2D eigenvalue weighted by Gasteiger charge is 2.08. The number of aliphatic hydroxyl groups is 1. The summed E-state index contributed by atoms with van der Waals surface area (Å²) in [7, 11) is 1.56. The van der Waals surface area contributed by atoms with Crippen molar-refractivity contribution in [3.8, 4) is 5.88 Å². The van der Waals surface area contributed by atoms with E-state index < -0.39 is 6.10 Å². The second-order valence-electron chi connectivity index (χ2n) is 3.18. The maximum atomic E-state index is 9.70. The third-order valence-corrected chi connectivity index (χ3v) is 1.99. The smallest absolute Gasteiger partial charge is 0.213 e. The molecule has 0 spiro atoms. The SMILES string of the molecule is COc1cc([C@@H](O)CCN)cc(C)n1. The van der Waals surface area contributed by atoms with Crippen molar-refractivity contribution in [3.63, 3.8) is 0 Å². The molecule has 4 heteroatoms. The van der Waals surface area contributed by atoms with Crippen LogP contribution in [0.5, 0.6) is 5.88 Å². The van der Waals surface area contributed by atoms with Crippen molar-refractivity contribution in [2.45, 2.75) is 19.4 Å². The van der Waals surface area contributed by atoms with Crippen LogP contribution in [0.4, 0.5) is 0 Å². The maximum Gasteiger partial charge on any atom is 0.213 e. The fourth-order valence-corrected chi connectivity index (χ4v) is 1.29. The number of aryl methyl sites for hydroxylation is 1. The summed E-state index contributed by atoms with van der Waals surface area (Å²) in [5, 5.41) is 9.70. The van der Waals surface area contributed by atoms with E-state index in [1.165, 1.54) is 0 Å². The Morgan fingerprint density at radius 3 is 2.86 bits per heavy atom. The van der Waals surface area contributed by atoms with Crippen LogP contribution in [0.2, 0.25) is 0 Å². The van der Waals surface area contributed by atoms with Crippen molar-refractivity contribution in [1.29, 1.82) is 0 Å². The van der Waals surface area contributed by atoms with E-state index in [0.29, 0.717) is 18.8 Å². The standard InChI is InChI=1S/C10H16N2O2/c1-7-5-8(9(13)3-4-11)6-10(12-7)14-2/h5-6,9,13H,3-4,11H2,1-2H3/t9-/m0/s1. The predicted molar refractivity (Wildman–Crippen MR) is 54.2 cm³/mol. The van der Waals surface area contributed by atoms with E-state index in [2.05, 4.69) is 4.98 Å². The minimum absolute atomic E-state index is 0.463. The summed E-state index contributed by atoms with van der Waals surface area (Å²) in [6.07, 6.45) is 0.0164. The van der Waals surface area contributed by atoms with Crippen molar-refractivity contribution in [2.24, 2.45) is 5.73 Å². The molecule has 0 aliphatic heterocycles. The van der Waals surface area contributed by atoms with E-state index in [9.17, 15) is 5.11 Å². The first-order valence-electron chi connectivity index (χ1n) is 4.58. The van der Waals surface area contributed by atoms with E-state index in [4.69, 9.17) is 10.5 Å². The Kier molecular flexibility index (Phi) is 3.85. The number of ether oxygens (including phenoxy) is 1. The van der Waals surface area contributed by atoms with Gasteiger partial charge in [-0.1, -0.05) is 0 Å². The largest absolute Gasteiger partial charge is 0.481 e. The van der Waals surface area contributed by atoms with Gasteiger partial charge in [-0.15, -0.1) is 0 Å². The normalized spacial score (nSPS) is 12.6. The van der Waals surface area contributed by atoms with Crippen LogP contribution >= 0.6 is 0 Å². The van der Waals surface area contributed by atoms with Gasteiger partial charge in [0.25, 0.3) is 0 Å². The average molecular weight is 196 g/mol. The van der Waals surface area contributed by atoms with Gasteiger partial charge in [0.05, 0.1) is 13.2 Å². The molecular weight excluding hydrogens is 180 g/mol. The van der Waals surface area contributed by atoms with Crippen molar-refractivity contribution in [2.75, 3.05) is 13.7 Å². The van der Waals surface area contributed by atoms with Crippen molar-refractivity contribution in [3.05, 3.63) is 23.4 Å². The maximum absolute atomic E-state index is 9.70. The molecule has 1 atom stereocenters. The van der Waals surface area contributed by atoms with Crippen LogP contribution in [-0.4, -0.2) is 23.7 Å². The number of hydrogen-bond acceptors (Lipinski definition) is 4. The lowest BCUT2D eigenvalue weighted by Gasteiger charge is -2.11. The van der Waals surface area contributed by atoms with Gasteiger partial charge in [0.2, 0.25) is 5.88 Å². The van der Waals surface area contributed by atoms with Crippen LogP contribution in [0.1, 0.15) is 23.8 Å². The number of rotatable bonds is 4. The Balaban J connectivity index is 2.90. The molecule has 0 aliphatic rings. The number of nitrogens with two attached hydrogens (primary N) is 1. The fourth-order valence-electron chi connectivity index (χ4n) is 1.29. The molecule has 1 heterocycles. The Labute approximate surface area is 83.7 Å². The van der Waals surface area contributed by atoms with Gasteiger partial charge in [-0.3, -0.25) is 0 Å². The topological polar surface area (TPSA) is 68.4 Å². The van der Waals surface area contributed by atoms with Gasteiger partial charge in [0, 0.05) is 11.8 Å². The molecule has 1 aromatic heterocycles. The molecular formula is C10H16N2O2. The number of aromatic nitrogens is 1. The number of pyridine rings is 1. The van der Waals surface area contributed by atoms with Crippen LogP contribution in [0.3, 0.4) is 0 Å². The number of aliphatic hydroxyl groups excluding tert-OH is 1. The lowest BCUT2D eigenvalue weighted by Crippen LogP contribution is -2.07. The molecule has 78 valence electrons. The van der Waals surface area contributed by atoms with Crippen LogP contribution in [0.15, 0.2) is 12.1 Å². The summed E-state index contributed by atoms with van der Waals surface area (Å²) in [5.74, 6) is 0.524. The lowest BCUT2D eigenvalue weighted by atomic mass is 10.1. The molecule has 3 N–H and O–H groups in total. The zero-order valence-electron chi connectivity index (χ0n) is 8.53. The summed E-state index contributed by atoms with van der Waals surface area (Å²) in [6.45, 7) is 2.33. The van der Waals surface area contributed by atoms with Crippen molar-refractivity contribution in [1.82, 2.24) is 4.98 Å². The molecule has 0 unspecified atom stereocenters. The number of methoxy groups -OCH3 is 1. The molecule has 0 fully saturated rings. The van der Waals surface area contributed by atoms with Gasteiger partial charge in [0.15, 0.2) is 0 Å². The summed E-state index contributed by atoms with van der Waals surface area (Å²) >= 11 is 0. The fraction of sp³-hybridized carbons (Fsp3) is 0.500. The van der Waals surface area contributed by atoms with Gasteiger partial charge in [-0.05, 0) is 31.5 Å². The Hall–Kier alpha value is -1.13. The highest BCUT2D eigenvalue weighted by molar-refractivity contribution is 5.26. The molecule has 0 radical (unpaired) electrons. The molecule has 0 saturated carbocycles. The predicted octanol–water partition coefficient (Wildman–Crippen LogP) is 0.781. The minimum Gasteiger partial charge on any atom is -0.481 e. The molecule has 0 saturated heterocycles. The quantitative estimate of drug-likeness (QED) is 0.746. The number of hydrogen-bond donors (Lipinski definition) is 2. The zero-order chi connectivity index (χ0) is 10.6. The van der Waals surface area contributed by atoms with Gasteiger partial charge in [-0.25, -0.2) is 4.98 Å². The first-order valence-corrected chi connectivity index (χ1v) is 4.58. The Bertz CT molecular complexity index is 302. The summed E-state index contributed by atoms with van der Waals surface area (Å²) in [5.41, 5.74) is 7.00. The first-order chi connectivity index (χ1) is 6.67. The molecule has 1 aromatic rings. The van der Waals surface area contributed by atoms with Crippen molar-refractivity contribution >= 4 is 0 Å². The minimum atomic E-state index is -0.532. The molecule has 1 rings (SSSR count). The third kappa shape index (κ3) is 2.68. The molecule has 0 amide bonds. The highest BCUT2D eigenvalue weighted by atomic mass is 16.5. The number of nitrogens with zero attached hydrogens (tertiary/aromatic N) is 1. The van der Waals surface area contributed by atoms with Gasteiger partial charge >= 0.3 is 0 Å². The van der Waals surface area contributed by atoms with Crippen LogP contribution in [0, 0.1) is 6.92 Å². The van der Waals surface area contributed by atoms with Crippen molar-refractivity contribution < 1.29 is 9.84 Å². The summed E-state index contributed by atoms with van der Waals surface area (Å²) < 4.78 is 5.01. The molecule has 0 aliphatic carbocycles. The second-order valence-corrected chi connectivity index (χ2v) is 3.18. The van der Waals surface area contributed by atoms with E-state index >= 15 is 0 Å². The lowest BCUT2D eigenvalue weighted by molar-refractivity contribution is 0.169. The summed E-state index contributed by atoms with van der Waals surface area (Å²) in [6, 6.07) is 3.57. The van der Waals surface area contributed by atoms with E-state index in [1.807, 2.05) is 13.0 Å². The van der Waals surface area contributed by atoms with Gasteiger partial charge in [-0.2, -0.15) is 0 Å². The molecule has 0 aromatic carbocycles. The molecule has 4 nitrogen and oxygen atoms in total. The van der Waals surface area contributed by atoms with Gasteiger partial charge in [0.1, 0.15) is 0 Å². The Morgan fingerprint density at radius 1 is 1.57 bits per heavy atom.